The molecule has 1 saturated heterocycles. The summed E-state index contributed by atoms with van der Waals surface area (Å²) in [5.41, 5.74) is 1.58. The van der Waals surface area contributed by atoms with Gasteiger partial charge in [0.05, 0.1) is 43.3 Å². The van der Waals surface area contributed by atoms with Crippen LogP contribution in [0.2, 0.25) is 0 Å². The summed E-state index contributed by atoms with van der Waals surface area (Å²) in [6, 6.07) is 7.90. The molecular formula is C26H30N6O5. The molecule has 4 rings (SSSR count). The van der Waals surface area contributed by atoms with Gasteiger partial charge in [0.25, 0.3) is 0 Å². The van der Waals surface area contributed by atoms with Crippen LogP contribution >= 0.6 is 0 Å². The lowest BCUT2D eigenvalue weighted by atomic mass is 9.87. The number of aromatic nitrogens is 3. The molecule has 194 valence electrons. The van der Waals surface area contributed by atoms with Crippen LogP contribution in [0, 0.1) is 11.3 Å². The summed E-state index contributed by atoms with van der Waals surface area (Å²) in [5.74, 6) is 0.877. The number of pyridine rings is 2. The number of methoxy groups -OCH3 is 1. The van der Waals surface area contributed by atoms with Crippen LogP contribution < -0.4 is 15.0 Å². The van der Waals surface area contributed by atoms with E-state index in [1.807, 2.05) is 30.0 Å². The fraction of sp³-hybridized carbons (Fsp3) is 0.423. The first-order chi connectivity index (χ1) is 17.8. The van der Waals surface area contributed by atoms with Crippen molar-refractivity contribution in [3.05, 3.63) is 42.4 Å². The number of fused-ring (bicyclic) bond motifs is 1. The Morgan fingerprint density at radius 2 is 2.00 bits per heavy atom. The van der Waals surface area contributed by atoms with Gasteiger partial charge in [-0.1, -0.05) is 0 Å². The molecule has 1 aliphatic heterocycles. The Bertz CT molecular complexity index is 1320. The molecule has 3 aromatic heterocycles. The van der Waals surface area contributed by atoms with Crippen LogP contribution in [0.25, 0.3) is 16.6 Å². The van der Waals surface area contributed by atoms with Gasteiger partial charge in [-0.2, -0.15) is 10.4 Å². The van der Waals surface area contributed by atoms with Gasteiger partial charge in [0.15, 0.2) is 0 Å². The summed E-state index contributed by atoms with van der Waals surface area (Å²) in [4.78, 5) is 31.6. The van der Waals surface area contributed by atoms with Crippen LogP contribution in [0.4, 0.5) is 10.6 Å². The molecule has 0 unspecified atom stereocenters. The summed E-state index contributed by atoms with van der Waals surface area (Å²) >= 11 is 0. The van der Waals surface area contributed by atoms with E-state index in [0.717, 1.165) is 16.9 Å². The summed E-state index contributed by atoms with van der Waals surface area (Å²) < 4.78 is 17.5. The number of amides is 1. The largest absolute Gasteiger partial charge is 0.492 e. The molecule has 0 radical (unpaired) electrons. The number of esters is 1. The molecule has 11 heteroatoms. The average molecular weight is 507 g/mol. The lowest BCUT2D eigenvalue weighted by molar-refractivity contribution is -0.149. The first-order valence-electron chi connectivity index (χ1n) is 12.1. The Labute approximate surface area is 214 Å². The highest BCUT2D eigenvalue weighted by Gasteiger charge is 2.44. The molecule has 0 atom stereocenters. The number of ether oxygens (including phenoxy) is 3. The number of carbonyl (C=O) groups is 2. The molecule has 0 bridgehead atoms. The third-order valence-electron chi connectivity index (χ3n) is 6.28. The van der Waals surface area contributed by atoms with Gasteiger partial charge in [0.2, 0.25) is 0 Å². The van der Waals surface area contributed by atoms with Crippen molar-refractivity contribution in [2.45, 2.75) is 45.3 Å². The molecule has 0 spiro atoms. The first kappa shape index (κ1) is 25.8. The second-order valence-electron chi connectivity index (χ2n) is 9.03. The standard InChI is InChI=1S/C26H30N6O5/c1-5-36-20-12-21(23-19(13-27)15-29-32(23)16-20)18-6-7-22(28-14-18)31-10-8-26(9-11-31,24(33)35-4)30-25(34)37-17(2)3/h6-7,12,14-17H,5,8-11H2,1-4H3,(H,30,34). The monoisotopic (exact) mass is 506 g/mol. The fourth-order valence-electron chi connectivity index (χ4n) is 4.51. The van der Waals surface area contributed by atoms with E-state index in [1.165, 1.54) is 13.3 Å². The summed E-state index contributed by atoms with van der Waals surface area (Å²) in [7, 11) is 1.31. The molecule has 37 heavy (non-hydrogen) atoms. The Balaban J connectivity index is 1.55. The lowest BCUT2D eigenvalue weighted by Crippen LogP contribution is -2.60. The summed E-state index contributed by atoms with van der Waals surface area (Å²) in [5, 5.41) is 16.6. The van der Waals surface area contributed by atoms with Crippen LogP contribution in [0.3, 0.4) is 0 Å². The Hall–Kier alpha value is -4.33. The van der Waals surface area contributed by atoms with Gasteiger partial charge in [-0.05, 0) is 51.8 Å². The van der Waals surface area contributed by atoms with Crippen LogP contribution in [0.5, 0.6) is 5.75 Å². The summed E-state index contributed by atoms with van der Waals surface area (Å²) in [6.45, 7) is 6.85. The van der Waals surface area contributed by atoms with Crippen molar-refractivity contribution >= 4 is 23.4 Å². The van der Waals surface area contributed by atoms with E-state index in [4.69, 9.17) is 14.2 Å². The van der Waals surface area contributed by atoms with Crippen molar-refractivity contribution in [2.75, 3.05) is 31.7 Å². The van der Waals surface area contributed by atoms with Crippen LogP contribution in [0.15, 0.2) is 36.8 Å². The zero-order chi connectivity index (χ0) is 26.6. The van der Waals surface area contributed by atoms with Gasteiger partial charge in [-0.25, -0.2) is 19.1 Å². The van der Waals surface area contributed by atoms with Gasteiger partial charge in [-0.3, -0.25) is 0 Å². The maximum absolute atomic E-state index is 12.6. The van der Waals surface area contributed by atoms with E-state index in [2.05, 4.69) is 21.5 Å². The van der Waals surface area contributed by atoms with E-state index in [1.54, 1.807) is 30.8 Å². The number of rotatable bonds is 7. The highest BCUT2D eigenvalue weighted by atomic mass is 16.6. The molecule has 0 aliphatic carbocycles. The molecule has 0 aromatic carbocycles. The second kappa shape index (κ2) is 10.7. The highest BCUT2D eigenvalue weighted by molar-refractivity contribution is 5.87. The first-order valence-corrected chi connectivity index (χ1v) is 12.1. The predicted molar refractivity (Wildman–Crippen MR) is 135 cm³/mol. The third kappa shape index (κ3) is 5.28. The SMILES string of the molecule is CCOc1cc(-c2ccc(N3CCC(NC(=O)OC(C)C)(C(=O)OC)CC3)nc2)c2c(C#N)cnn2c1. The molecule has 4 heterocycles. The average Bonchev–Trinajstić information content (AvgIpc) is 3.31. The van der Waals surface area contributed by atoms with Crippen LogP contribution in [-0.4, -0.2) is 65.1 Å². The third-order valence-corrected chi connectivity index (χ3v) is 6.28. The zero-order valence-corrected chi connectivity index (χ0v) is 21.4. The molecule has 3 aromatic rings. The van der Waals surface area contributed by atoms with Crippen molar-refractivity contribution in [1.82, 2.24) is 19.9 Å². The molecule has 1 N–H and O–H groups in total. The number of nitrogens with one attached hydrogen (secondary N) is 1. The highest BCUT2D eigenvalue weighted by Crippen LogP contribution is 2.32. The number of piperidine rings is 1. The van der Waals surface area contributed by atoms with Crippen LogP contribution in [0.1, 0.15) is 39.2 Å². The van der Waals surface area contributed by atoms with Crippen molar-refractivity contribution in [3.63, 3.8) is 0 Å². The molecule has 1 aliphatic rings. The molecule has 11 nitrogen and oxygen atoms in total. The van der Waals surface area contributed by atoms with Gasteiger partial charge < -0.3 is 24.4 Å². The smallest absolute Gasteiger partial charge is 0.408 e. The van der Waals surface area contributed by atoms with E-state index in [-0.39, 0.29) is 6.10 Å². The van der Waals surface area contributed by atoms with Crippen molar-refractivity contribution in [1.29, 1.82) is 5.26 Å². The van der Waals surface area contributed by atoms with Crippen molar-refractivity contribution in [3.8, 4) is 22.9 Å². The van der Waals surface area contributed by atoms with Gasteiger partial charge in [0, 0.05) is 30.4 Å². The van der Waals surface area contributed by atoms with Crippen molar-refractivity contribution in [2.24, 2.45) is 0 Å². The predicted octanol–water partition coefficient (Wildman–Crippen LogP) is 3.31. The van der Waals surface area contributed by atoms with Crippen LogP contribution in [-0.2, 0) is 14.3 Å². The minimum atomic E-state index is -1.15. The topological polar surface area (TPSA) is 131 Å². The second-order valence-corrected chi connectivity index (χ2v) is 9.03. The minimum absolute atomic E-state index is 0.306. The number of hydrogen-bond donors (Lipinski definition) is 1. The van der Waals surface area contributed by atoms with E-state index < -0.39 is 17.6 Å². The molecule has 1 amide bonds. The number of nitrogens with zero attached hydrogens (tertiary/aromatic N) is 5. The molecule has 1 fully saturated rings. The maximum atomic E-state index is 12.6. The quantitative estimate of drug-likeness (QED) is 0.479. The van der Waals surface area contributed by atoms with E-state index >= 15 is 0 Å². The Kier molecular flexibility index (Phi) is 7.47. The van der Waals surface area contributed by atoms with Gasteiger partial charge >= 0.3 is 12.1 Å². The fourth-order valence-corrected chi connectivity index (χ4v) is 4.51. The molecule has 0 saturated carbocycles. The van der Waals surface area contributed by atoms with Gasteiger partial charge in [0.1, 0.15) is 23.2 Å². The maximum Gasteiger partial charge on any atom is 0.408 e. The zero-order valence-electron chi connectivity index (χ0n) is 21.4. The number of hydrogen-bond acceptors (Lipinski definition) is 9. The van der Waals surface area contributed by atoms with Gasteiger partial charge in [-0.15, -0.1) is 0 Å². The molecular weight excluding hydrogens is 476 g/mol. The number of nitriles is 1. The Morgan fingerprint density at radius 1 is 1.24 bits per heavy atom. The number of alkyl carbamates (subject to hydrolysis) is 1. The summed E-state index contributed by atoms with van der Waals surface area (Å²) in [6.07, 6.45) is 4.76. The number of carbonyl (C=O) groups excluding carboxylic acids is 2. The normalized spacial score (nSPS) is 14.8. The van der Waals surface area contributed by atoms with E-state index in [0.29, 0.717) is 49.4 Å². The van der Waals surface area contributed by atoms with E-state index in [9.17, 15) is 14.9 Å². The minimum Gasteiger partial charge on any atom is -0.492 e. The van der Waals surface area contributed by atoms with Crippen molar-refractivity contribution < 1.29 is 23.8 Å². The lowest BCUT2D eigenvalue weighted by Gasteiger charge is -2.40. The Morgan fingerprint density at radius 3 is 2.59 bits per heavy atom. The number of anilines is 1.